The molecule has 2 N–H and O–H groups in total. The number of nitrogens with two attached hydrogens (primary N) is 1. The topological polar surface area (TPSA) is 35.2 Å². The highest BCUT2D eigenvalue weighted by Crippen LogP contribution is 2.29. The van der Waals surface area contributed by atoms with Crippen LogP contribution in [0.15, 0.2) is 12.1 Å². The monoisotopic (exact) mass is 227 g/mol. The molecule has 0 aliphatic heterocycles. The molecule has 2 atom stereocenters. The highest BCUT2D eigenvalue weighted by atomic mass is 32.1. The van der Waals surface area contributed by atoms with Gasteiger partial charge in [0.2, 0.25) is 0 Å². The number of ether oxygens (including phenoxy) is 1. The summed E-state index contributed by atoms with van der Waals surface area (Å²) in [6.07, 6.45) is 1.21. The molecular formula is C12H21NOS. The minimum absolute atomic E-state index is 0.0497. The zero-order valence-electron chi connectivity index (χ0n) is 9.99. The Morgan fingerprint density at radius 2 is 2.07 bits per heavy atom. The van der Waals surface area contributed by atoms with Crippen molar-refractivity contribution < 1.29 is 4.74 Å². The van der Waals surface area contributed by atoms with Crippen LogP contribution in [-0.4, -0.2) is 12.1 Å². The highest BCUT2D eigenvalue weighted by molar-refractivity contribution is 7.12. The normalized spacial score (nSPS) is 15.6. The largest absolute Gasteiger partial charge is 0.368 e. The van der Waals surface area contributed by atoms with E-state index in [1.54, 1.807) is 11.3 Å². The van der Waals surface area contributed by atoms with Crippen LogP contribution in [0.3, 0.4) is 0 Å². The van der Waals surface area contributed by atoms with Gasteiger partial charge < -0.3 is 10.5 Å². The van der Waals surface area contributed by atoms with Gasteiger partial charge in [-0.15, -0.1) is 11.3 Å². The van der Waals surface area contributed by atoms with Gasteiger partial charge in [0.1, 0.15) is 6.10 Å². The number of rotatable bonds is 5. The first-order valence-corrected chi connectivity index (χ1v) is 6.33. The molecule has 0 fully saturated rings. The van der Waals surface area contributed by atoms with Crippen molar-refractivity contribution in [2.45, 2.75) is 52.4 Å². The van der Waals surface area contributed by atoms with Crippen LogP contribution in [0.1, 0.15) is 43.1 Å². The van der Waals surface area contributed by atoms with Gasteiger partial charge in [-0.1, -0.05) is 6.92 Å². The van der Waals surface area contributed by atoms with Crippen molar-refractivity contribution in [2.24, 2.45) is 5.73 Å². The van der Waals surface area contributed by atoms with Crippen molar-refractivity contribution in [1.29, 1.82) is 0 Å². The zero-order valence-corrected chi connectivity index (χ0v) is 10.8. The summed E-state index contributed by atoms with van der Waals surface area (Å²) >= 11 is 1.78. The first-order chi connectivity index (χ1) is 7.04. The van der Waals surface area contributed by atoms with E-state index >= 15 is 0 Å². The lowest BCUT2D eigenvalue weighted by Gasteiger charge is -2.24. The van der Waals surface area contributed by atoms with E-state index in [0.717, 1.165) is 6.42 Å². The predicted octanol–water partition coefficient (Wildman–Crippen LogP) is 3.26. The van der Waals surface area contributed by atoms with Gasteiger partial charge in [-0.25, -0.2) is 0 Å². The Kier molecular flexibility index (Phi) is 4.77. The van der Waals surface area contributed by atoms with E-state index in [9.17, 15) is 0 Å². The van der Waals surface area contributed by atoms with Gasteiger partial charge in [-0.05, 0) is 39.3 Å². The third kappa shape index (κ3) is 3.59. The summed E-state index contributed by atoms with van der Waals surface area (Å²) in [6, 6.07) is 4.34. The Morgan fingerprint density at radius 3 is 2.47 bits per heavy atom. The Morgan fingerprint density at radius 1 is 1.40 bits per heavy atom. The maximum absolute atomic E-state index is 6.09. The van der Waals surface area contributed by atoms with Crippen LogP contribution in [0.4, 0.5) is 0 Å². The maximum Gasteiger partial charge on any atom is 0.107 e. The summed E-state index contributed by atoms with van der Waals surface area (Å²) in [5.41, 5.74) is 6.09. The summed E-state index contributed by atoms with van der Waals surface area (Å²) in [7, 11) is 0. The third-order valence-corrected chi connectivity index (χ3v) is 3.38. The van der Waals surface area contributed by atoms with Gasteiger partial charge in [0.05, 0.1) is 6.10 Å². The van der Waals surface area contributed by atoms with Crippen LogP contribution < -0.4 is 5.73 Å². The second-order valence-electron chi connectivity index (χ2n) is 4.13. The van der Waals surface area contributed by atoms with Crippen LogP contribution >= 0.6 is 11.3 Å². The van der Waals surface area contributed by atoms with Gasteiger partial charge >= 0.3 is 0 Å². The fourth-order valence-corrected chi connectivity index (χ4v) is 2.48. The quantitative estimate of drug-likeness (QED) is 0.838. The van der Waals surface area contributed by atoms with E-state index in [1.807, 2.05) is 0 Å². The summed E-state index contributed by atoms with van der Waals surface area (Å²) < 4.78 is 5.89. The molecule has 0 aliphatic rings. The van der Waals surface area contributed by atoms with Crippen LogP contribution in [-0.2, 0) is 4.74 Å². The Labute approximate surface area is 96.4 Å². The van der Waals surface area contributed by atoms with E-state index in [4.69, 9.17) is 10.5 Å². The van der Waals surface area contributed by atoms with Gasteiger partial charge in [0.25, 0.3) is 0 Å². The van der Waals surface area contributed by atoms with E-state index < -0.39 is 0 Å². The summed E-state index contributed by atoms with van der Waals surface area (Å²) in [5.74, 6) is 0. The van der Waals surface area contributed by atoms with E-state index in [0.29, 0.717) is 0 Å². The molecular weight excluding hydrogens is 206 g/mol. The summed E-state index contributed by atoms with van der Waals surface area (Å²) in [6.45, 7) is 8.31. The molecule has 0 saturated heterocycles. The molecule has 3 heteroatoms. The minimum Gasteiger partial charge on any atom is -0.368 e. The van der Waals surface area contributed by atoms with Crippen molar-refractivity contribution >= 4 is 11.3 Å². The van der Waals surface area contributed by atoms with E-state index in [2.05, 4.69) is 39.8 Å². The molecule has 1 rings (SSSR count). The average molecular weight is 227 g/mol. The fraction of sp³-hybridized carbons (Fsp3) is 0.667. The smallest absolute Gasteiger partial charge is 0.107 e. The molecule has 2 nitrogen and oxygen atoms in total. The highest BCUT2D eigenvalue weighted by Gasteiger charge is 2.21. The number of aryl methyl sites for hydroxylation is 1. The summed E-state index contributed by atoms with van der Waals surface area (Å²) in [4.78, 5) is 2.56. The fourth-order valence-electron chi connectivity index (χ4n) is 1.49. The minimum atomic E-state index is 0.0497. The third-order valence-electron chi connectivity index (χ3n) is 2.32. The van der Waals surface area contributed by atoms with Gasteiger partial charge in [-0.2, -0.15) is 0 Å². The Bertz CT molecular complexity index is 296. The molecule has 86 valence electrons. The first-order valence-electron chi connectivity index (χ1n) is 5.52. The van der Waals surface area contributed by atoms with Crippen molar-refractivity contribution in [3.8, 4) is 0 Å². The van der Waals surface area contributed by atoms with Crippen molar-refractivity contribution in [1.82, 2.24) is 0 Å². The Hall–Kier alpha value is -0.380. The van der Waals surface area contributed by atoms with Crippen LogP contribution in [0.2, 0.25) is 0 Å². The van der Waals surface area contributed by atoms with Crippen molar-refractivity contribution in [2.75, 3.05) is 0 Å². The molecule has 0 aromatic carbocycles. The van der Waals surface area contributed by atoms with Crippen LogP contribution in [0.25, 0.3) is 0 Å². The average Bonchev–Trinajstić information content (AvgIpc) is 2.59. The lowest BCUT2D eigenvalue weighted by molar-refractivity contribution is -0.00691. The SMILES string of the molecule is CCC(N)C(OC(C)C)c1ccc(C)s1. The molecule has 0 amide bonds. The maximum atomic E-state index is 6.09. The molecule has 0 aliphatic carbocycles. The lowest BCUT2D eigenvalue weighted by atomic mass is 10.1. The number of thiophene rings is 1. The van der Waals surface area contributed by atoms with Gasteiger partial charge in [0.15, 0.2) is 0 Å². The number of hydrogen-bond donors (Lipinski definition) is 1. The summed E-state index contributed by atoms with van der Waals surface area (Å²) in [5, 5.41) is 0. The molecule has 0 bridgehead atoms. The zero-order chi connectivity index (χ0) is 11.4. The first kappa shape index (κ1) is 12.7. The standard InChI is InChI=1S/C12H21NOS/c1-5-10(13)12(14-8(2)3)11-7-6-9(4)15-11/h6-8,10,12H,5,13H2,1-4H3. The van der Waals surface area contributed by atoms with Gasteiger partial charge in [0, 0.05) is 15.8 Å². The van der Waals surface area contributed by atoms with Crippen molar-refractivity contribution in [3.63, 3.8) is 0 Å². The van der Waals surface area contributed by atoms with Crippen LogP contribution in [0, 0.1) is 6.92 Å². The van der Waals surface area contributed by atoms with Crippen molar-refractivity contribution in [3.05, 3.63) is 21.9 Å². The molecule has 2 unspecified atom stereocenters. The molecule has 1 aromatic rings. The lowest BCUT2D eigenvalue weighted by Crippen LogP contribution is -2.30. The van der Waals surface area contributed by atoms with E-state index in [-0.39, 0.29) is 18.2 Å². The second kappa shape index (κ2) is 5.64. The molecule has 0 spiro atoms. The van der Waals surface area contributed by atoms with Gasteiger partial charge in [-0.3, -0.25) is 0 Å². The number of hydrogen-bond acceptors (Lipinski definition) is 3. The molecule has 0 saturated carbocycles. The molecule has 1 heterocycles. The van der Waals surface area contributed by atoms with Crippen LogP contribution in [0.5, 0.6) is 0 Å². The molecule has 0 radical (unpaired) electrons. The predicted molar refractivity (Wildman–Crippen MR) is 66.3 cm³/mol. The second-order valence-corrected chi connectivity index (χ2v) is 5.45. The Balaban J connectivity index is 2.80. The molecule has 15 heavy (non-hydrogen) atoms. The molecule has 1 aromatic heterocycles. The van der Waals surface area contributed by atoms with E-state index in [1.165, 1.54) is 9.75 Å².